The molecule has 0 aliphatic carbocycles. The summed E-state index contributed by atoms with van der Waals surface area (Å²) in [5, 5.41) is 0. The summed E-state index contributed by atoms with van der Waals surface area (Å²) in [6, 6.07) is 36.9. The molecule has 49 heavy (non-hydrogen) atoms. The van der Waals surface area contributed by atoms with E-state index in [2.05, 4.69) is 6.92 Å². The molecule has 0 atom stereocenters. The zero-order valence-electron chi connectivity index (χ0n) is 27.9. The third-order valence-corrected chi connectivity index (χ3v) is 7.14. The zero-order valence-corrected chi connectivity index (χ0v) is 27.9. The van der Waals surface area contributed by atoms with E-state index in [1.54, 1.807) is 84.9 Å². The van der Waals surface area contributed by atoms with Gasteiger partial charge in [0.15, 0.2) is 0 Å². The summed E-state index contributed by atoms with van der Waals surface area (Å²) in [6.07, 6.45) is 3.31. The molecule has 8 nitrogen and oxygen atoms in total. The molecule has 5 aromatic rings. The smallest absolute Gasteiger partial charge is 0.343 e. The minimum absolute atomic E-state index is 0.0967. The molecule has 0 saturated heterocycles. The van der Waals surface area contributed by atoms with Crippen molar-refractivity contribution < 1.29 is 38.1 Å². The number of ether oxygens (including phenoxy) is 5. The molecule has 0 fully saturated rings. The van der Waals surface area contributed by atoms with E-state index in [0.29, 0.717) is 40.5 Å². The van der Waals surface area contributed by atoms with Gasteiger partial charge in [-0.1, -0.05) is 74.4 Å². The van der Waals surface area contributed by atoms with Crippen LogP contribution in [0, 0.1) is 13.8 Å². The fraction of sp³-hybridized carbons (Fsp3) is 0.195. The number of rotatable bonds is 13. The van der Waals surface area contributed by atoms with Crippen LogP contribution in [-0.4, -0.2) is 24.7 Å². The lowest BCUT2D eigenvalue weighted by atomic mass is 10.1. The topological polar surface area (TPSA) is 97.4 Å². The van der Waals surface area contributed by atoms with E-state index < -0.39 is 11.9 Å². The molecule has 0 unspecified atom stereocenters. The van der Waals surface area contributed by atoms with Crippen molar-refractivity contribution in [1.82, 2.24) is 0 Å². The molecule has 5 rings (SSSR count). The van der Waals surface area contributed by atoms with Crippen molar-refractivity contribution >= 4 is 17.9 Å². The van der Waals surface area contributed by atoms with Gasteiger partial charge in [-0.25, -0.2) is 9.59 Å². The van der Waals surface area contributed by atoms with Crippen molar-refractivity contribution in [2.45, 2.75) is 46.5 Å². The summed E-state index contributed by atoms with van der Waals surface area (Å²) >= 11 is 0. The van der Waals surface area contributed by atoms with Gasteiger partial charge in [0.05, 0.1) is 11.1 Å². The van der Waals surface area contributed by atoms with Gasteiger partial charge in [0, 0.05) is 6.42 Å². The van der Waals surface area contributed by atoms with E-state index >= 15 is 0 Å². The van der Waals surface area contributed by atoms with Gasteiger partial charge in [0.25, 0.3) is 0 Å². The fourth-order valence-electron chi connectivity index (χ4n) is 4.54. The average molecular weight is 661 g/mol. The van der Waals surface area contributed by atoms with Crippen molar-refractivity contribution in [2.24, 2.45) is 0 Å². The maximum atomic E-state index is 12.1. The minimum atomic E-state index is -0.447. The Morgan fingerprint density at radius 2 is 0.959 bits per heavy atom. The molecule has 0 aromatic heterocycles. The molecule has 252 valence electrons. The van der Waals surface area contributed by atoms with Crippen LogP contribution in [0.5, 0.6) is 28.7 Å². The fourth-order valence-corrected chi connectivity index (χ4v) is 4.54. The van der Waals surface area contributed by atoms with E-state index in [4.69, 9.17) is 23.7 Å². The molecule has 0 heterocycles. The molecule has 0 N–H and O–H groups in total. The summed E-state index contributed by atoms with van der Waals surface area (Å²) in [6.45, 7) is 6.17. The largest absolute Gasteiger partial charge is 0.458 e. The van der Waals surface area contributed by atoms with Crippen LogP contribution in [0.1, 0.15) is 64.4 Å². The number of hydrogen-bond donors (Lipinski definition) is 0. The first kappa shape index (κ1) is 36.0. The van der Waals surface area contributed by atoms with Crippen LogP contribution in [0.4, 0.5) is 0 Å². The predicted octanol–water partition coefficient (Wildman–Crippen LogP) is 9.33. The van der Waals surface area contributed by atoms with Crippen molar-refractivity contribution in [3.8, 4) is 28.7 Å². The molecule has 0 radical (unpaired) electrons. The monoisotopic (exact) mass is 660 g/mol. The van der Waals surface area contributed by atoms with Crippen molar-refractivity contribution in [3.63, 3.8) is 0 Å². The SMILES string of the molecule is CCCCCC(=O)Oc1ccc(C(=O)Oc2ccccc2)cc1.Cc1cccc(C)c1OCOc1ccc(C(=O)Oc2ccccc2)cc1. The molecule has 0 aliphatic heterocycles. The van der Waals surface area contributed by atoms with E-state index in [1.807, 2.05) is 56.3 Å². The Morgan fingerprint density at radius 3 is 1.45 bits per heavy atom. The normalized spacial score (nSPS) is 10.2. The van der Waals surface area contributed by atoms with E-state index in [-0.39, 0.29) is 12.8 Å². The Balaban J connectivity index is 0.000000223. The molecular formula is C41H40O8. The number of benzene rings is 5. The summed E-state index contributed by atoms with van der Waals surface area (Å²) in [7, 11) is 0. The second kappa shape index (κ2) is 19.1. The van der Waals surface area contributed by atoms with Crippen LogP contribution < -0.4 is 23.7 Å². The van der Waals surface area contributed by atoms with Gasteiger partial charge in [-0.05, 0) is 104 Å². The summed E-state index contributed by atoms with van der Waals surface area (Å²) < 4.78 is 27.1. The number of carbonyl (C=O) groups excluding carboxylic acids is 3. The standard InChI is InChI=1S/C22H20O4.C19H20O4/c1-16-7-6-8-17(2)21(16)25-15-24-19-13-11-18(12-14-19)22(23)26-20-9-4-3-5-10-20;1-2-3-5-10-18(20)22-17-13-11-15(12-14-17)19(21)23-16-8-6-4-7-9-16/h3-14H,15H2,1-2H3;4,6-9,11-14H,2-3,5,10H2,1H3. The van der Waals surface area contributed by atoms with Crippen LogP contribution in [0.15, 0.2) is 127 Å². The molecule has 8 heteroatoms. The quantitative estimate of drug-likeness (QED) is 0.0534. The van der Waals surface area contributed by atoms with E-state index in [9.17, 15) is 14.4 Å². The number of carbonyl (C=O) groups is 3. The number of para-hydroxylation sites is 3. The highest BCUT2D eigenvalue weighted by Crippen LogP contribution is 2.23. The maximum Gasteiger partial charge on any atom is 0.343 e. The zero-order chi connectivity index (χ0) is 34.8. The van der Waals surface area contributed by atoms with Crippen molar-refractivity contribution in [2.75, 3.05) is 6.79 Å². The molecule has 0 bridgehead atoms. The lowest BCUT2D eigenvalue weighted by molar-refractivity contribution is -0.134. The maximum absolute atomic E-state index is 12.1. The van der Waals surface area contributed by atoms with Gasteiger partial charge in [0.1, 0.15) is 28.7 Å². The molecular weight excluding hydrogens is 620 g/mol. The highest BCUT2D eigenvalue weighted by molar-refractivity contribution is 5.91. The predicted molar refractivity (Wildman–Crippen MR) is 188 cm³/mol. The second-order valence-electron chi connectivity index (χ2n) is 11.0. The Labute approximate surface area is 287 Å². The highest BCUT2D eigenvalue weighted by Gasteiger charge is 2.11. The number of esters is 3. The average Bonchev–Trinajstić information content (AvgIpc) is 3.11. The minimum Gasteiger partial charge on any atom is -0.458 e. The third kappa shape index (κ3) is 12.0. The Kier molecular flexibility index (Phi) is 14.0. The van der Waals surface area contributed by atoms with Crippen LogP contribution in [0.3, 0.4) is 0 Å². The molecule has 0 aliphatic rings. The van der Waals surface area contributed by atoms with Gasteiger partial charge >= 0.3 is 17.9 Å². The number of unbranched alkanes of at least 4 members (excludes halogenated alkanes) is 2. The Bertz CT molecular complexity index is 1750. The van der Waals surface area contributed by atoms with Gasteiger partial charge < -0.3 is 23.7 Å². The third-order valence-electron chi connectivity index (χ3n) is 7.14. The van der Waals surface area contributed by atoms with Gasteiger partial charge in [-0.15, -0.1) is 0 Å². The summed E-state index contributed by atoms with van der Waals surface area (Å²) in [4.78, 5) is 35.7. The second-order valence-corrected chi connectivity index (χ2v) is 11.0. The first-order valence-corrected chi connectivity index (χ1v) is 16.1. The van der Waals surface area contributed by atoms with Crippen LogP contribution >= 0.6 is 0 Å². The van der Waals surface area contributed by atoms with Crippen molar-refractivity contribution in [1.29, 1.82) is 0 Å². The van der Waals surface area contributed by atoms with Crippen molar-refractivity contribution in [3.05, 3.63) is 150 Å². The number of aryl methyl sites for hydroxylation is 2. The van der Waals surface area contributed by atoms with Crippen LogP contribution in [0.25, 0.3) is 0 Å². The molecule has 0 saturated carbocycles. The van der Waals surface area contributed by atoms with Crippen LogP contribution in [-0.2, 0) is 4.79 Å². The Hall–Kier alpha value is -5.89. The summed E-state index contributed by atoms with van der Waals surface area (Å²) in [5.74, 6) is 1.78. The van der Waals surface area contributed by atoms with Gasteiger partial charge in [0.2, 0.25) is 6.79 Å². The Morgan fingerprint density at radius 1 is 0.490 bits per heavy atom. The summed E-state index contributed by atoms with van der Waals surface area (Å²) in [5.41, 5.74) is 2.98. The van der Waals surface area contributed by atoms with E-state index in [1.165, 1.54) is 0 Å². The number of hydrogen-bond acceptors (Lipinski definition) is 8. The van der Waals surface area contributed by atoms with Crippen LogP contribution in [0.2, 0.25) is 0 Å². The first-order chi connectivity index (χ1) is 23.8. The first-order valence-electron chi connectivity index (χ1n) is 16.1. The van der Waals surface area contributed by atoms with E-state index in [0.717, 1.165) is 36.1 Å². The lowest BCUT2D eigenvalue weighted by Gasteiger charge is -2.13. The van der Waals surface area contributed by atoms with Gasteiger partial charge in [-0.2, -0.15) is 0 Å². The highest BCUT2D eigenvalue weighted by atomic mass is 16.7. The molecule has 5 aromatic carbocycles. The van der Waals surface area contributed by atoms with Gasteiger partial charge in [-0.3, -0.25) is 4.79 Å². The molecule has 0 spiro atoms. The lowest BCUT2D eigenvalue weighted by Crippen LogP contribution is -2.09. The molecule has 0 amide bonds.